The first-order valence-corrected chi connectivity index (χ1v) is 9.96. The van der Waals surface area contributed by atoms with Crippen molar-refractivity contribution in [1.29, 1.82) is 0 Å². The molecule has 2 bridgehead atoms. The molecule has 0 radical (unpaired) electrons. The number of carbonyl (C=O) groups is 2. The van der Waals surface area contributed by atoms with Crippen LogP contribution in [0.2, 0.25) is 4.82 Å². The van der Waals surface area contributed by atoms with Crippen LogP contribution >= 0.6 is 11.6 Å². The number of amides is 1. The van der Waals surface area contributed by atoms with Gasteiger partial charge in [0.25, 0.3) is 0 Å². The quantitative estimate of drug-likeness (QED) is 0.565. The predicted octanol–water partition coefficient (Wildman–Crippen LogP) is 2.37. The molecule has 0 N–H and O–H groups in total. The van der Waals surface area contributed by atoms with E-state index in [9.17, 15) is 9.59 Å². The van der Waals surface area contributed by atoms with Crippen molar-refractivity contribution >= 4 is 42.9 Å². The van der Waals surface area contributed by atoms with Crippen molar-refractivity contribution in [2.24, 2.45) is 0 Å². The summed E-state index contributed by atoms with van der Waals surface area (Å²) in [5, 5.41) is -0.325. The van der Waals surface area contributed by atoms with E-state index in [0.29, 0.717) is 6.42 Å². The summed E-state index contributed by atoms with van der Waals surface area (Å²) in [7, 11) is 0. The summed E-state index contributed by atoms with van der Waals surface area (Å²) >= 11 is 6.69. The van der Waals surface area contributed by atoms with Gasteiger partial charge in [0, 0.05) is 0 Å². The van der Waals surface area contributed by atoms with Crippen molar-refractivity contribution in [1.82, 2.24) is 4.90 Å². The molecular formula is C17H20ClNO3Se. The maximum absolute atomic E-state index is 12.5. The van der Waals surface area contributed by atoms with E-state index in [2.05, 4.69) is 12.1 Å². The average molecular weight is 401 g/mol. The van der Waals surface area contributed by atoms with Crippen molar-refractivity contribution in [3.8, 4) is 0 Å². The second-order valence-electron chi connectivity index (χ2n) is 6.91. The molecule has 4 atom stereocenters. The van der Waals surface area contributed by atoms with Crippen LogP contribution < -0.4 is 4.46 Å². The fourth-order valence-electron chi connectivity index (χ4n) is 3.15. The van der Waals surface area contributed by atoms with Gasteiger partial charge in [0.15, 0.2) is 0 Å². The number of halogens is 1. The molecule has 0 spiro atoms. The number of rotatable bonds is 2. The SMILES string of the molecule is CC(C)(C)OC(=O)N1C2C(=O)CC1[C@@H]([Se]c1ccccc1)[C@@H]2Cl. The first-order chi connectivity index (χ1) is 10.8. The van der Waals surface area contributed by atoms with Gasteiger partial charge < -0.3 is 0 Å². The van der Waals surface area contributed by atoms with Crippen LogP contribution in [0.15, 0.2) is 30.3 Å². The fraction of sp³-hybridized carbons (Fsp3) is 0.529. The molecule has 4 nitrogen and oxygen atoms in total. The number of ether oxygens (including phenoxy) is 1. The molecule has 23 heavy (non-hydrogen) atoms. The summed E-state index contributed by atoms with van der Waals surface area (Å²) in [5.41, 5.74) is -0.579. The van der Waals surface area contributed by atoms with Gasteiger partial charge in [0.1, 0.15) is 0 Å². The Labute approximate surface area is 147 Å². The van der Waals surface area contributed by atoms with Crippen LogP contribution in [0.3, 0.4) is 0 Å². The number of ketones is 1. The minimum absolute atomic E-state index is 0.0565. The first-order valence-electron chi connectivity index (χ1n) is 7.68. The van der Waals surface area contributed by atoms with Crippen molar-refractivity contribution in [3.05, 3.63) is 30.3 Å². The zero-order valence-electron chi connectivity index (χ0n) is 13.4. The molecule has 2 fully saturated rings. The molecule has 2 saturated heterocycles. The van der Waals surface area contributed by atoms with Crippen molar-refractivity contribution in [2.45, 2.75) is 55.1 Å². The van der Waals surface area contributed by atoms with Crippen molar-refractivity contribution in [3.63, 3.8) is 0 Å². The molecule has 2 unspecified atom stereocenters. The normalized spacial score (nSPS) is 29.9. The number of nitrogens with zero attached hydrogens (tertiary/aromatic N) is 1. The van der Waals surface area contributed by atoms with Crippen LogP contribution in [-0.4, -0.2) is 54.8 Å². The topological polar surface area (TPSA) is 46.6 Å². The van der Waals surface area contributed by atoms with Crippen molar-refractivity contribution in [2.75, 3.05) is 0 Å². The zero-order valence-corrected chi connectivity index (χ0v) is 15.8. The monoisotopic (exact) mass is 401 g/mol. The number of benzene rings is 1. The maximum atomic E-state index is 12.5. The van der Waals surface area contributed by atoms with Crippen LogP contribution in [0.1, 0.15) is 27.2 Å². The predicted molar refractivity (Wildman–Crippen MR) is 90.5 cm³/mol. The van der Waals surface area contributed by atoms with E-state index < -0.39 is 17.7 Å². The van der Waals surface area contributed by atoms with Crippen LogP contribution in [-0.2, 0) is 9.53 Å². The Morgan fingerprint density at radius 3 is 2.57 bits per heavy atom. The number of hydrogen-bond donors (Lipinski definition) is 0. The standard InChI is InChI=1S/C17H20ClNO3Se/c1-17(2,3)22-16(21)19-11-9-12(20)14(19)13(18)15(11)23-10-7-5-4-6-8-10/h4-8,11,13-15H,9H2,1-3H3/t11?,13-,14?,15-/m1/s1. The van der Waals surface area contributed by atoms with Gasteiger partial charge in [-0.1, -0.05) is 0 Å². The Hall–Kier alpha value is -1.03. The van der Waals surface area contributed by atoms with Gasteiger partial charge in [-0.15, -0.1) is 0 Å². The van der Waals surface area contributed by atoms with E-state index in [1.54, 1.807) is 4.90 Å². The molecule has 0 aliphatic carbocycles. The van der Waals surface area contributed by atoms with E-state index in [-0.39, 0.29) is 37.0 Å². The molecule has 0 saturated carbocycles. The molecule has 2 heterocycles. The summed E-state index contributed by atoms with van der Waals surface area (Å²) in [6.07, 6.45) is -0.0257. The molecule has 1 aromatic carbocycles. The third-order valence-electron chi connectivity index (χ3n) is 4.01. The molecule has 2 aliphatic heterocycles. The van der Waals surface area contributed by atoms with E-state index in [0.717, 1.165) is 0 Å². The van der Waals surface area contributed by atoms with Gasteiger partial charge in [-0.3, -0.25) is 0 Å². The number of fused-ring (bicyclic) bond motifs is 2. The first kappa shape index (κ1) is 16.8. The molecule has 1 aromatic rings. The molecule has 0 aromatic heterocycles. The molecular weight excluding hydrogens is 381 g/mol. The number of Topliss-reactive ketones (excluding diaryl/α,β-unsaturated/α-hetero) is 1. The van der Waals surface area contributed by atoms with E-state index >= 15 is 0 Å². The Morgan fingerprint density at radius 2 is 1.96 bits per heavy atom. The van der Waals surface area contributed by atoms with Crippen LogP contribution in [0.5, 0.6) is 0 Å². The molecule has 6 heteroatoms. The molecule has 3 rings (SSSR count). The van der Waals surface area contributed by atoms with Crippen LogP contribution in [0, 0.1) is 0 Å². The minimum atomic E-state index is -0.579. The third kappa shape index (κ3) is 3.28. The Morgan fingerprint density at radius 1 is 1.30 bits per heavy atom. The van der Waals surface area contributed by atoms with Gasteiger partial charge >= 0.3 is 148 Å². The average Bonchev–Trinajstić information content (AvgIpc) is 2.92. The second-order valence-corrected chi connectivity index (χ2v) is 10.0. The number of hydrogen-bond acceptors (Lipinski definition) is 3. The van der Waals surface area contributed by atoms with Gasteiger partial charge in [-0.05, 0) is 0 Å². The van der Waals surface area contributed by atoms with Crippen LogP contribution in [0.4, 0.5) is 4.79 Å². The Kier molecular flexibility index (Phi) is 4.47. The number of carbonyl (C=O) groups excluding carboxylic acids is 2. The van der Waals surface area contributed by atoms with Crippen molar-refractivity contribution < 1.29 is 14.3 Å². The summed E-state index contributed by atoms with van der Waals surface area (Å²) in [5.74, 6) is 0.0565. The summed E-state index contributed by atoms with van der Waals surface area (Å²) in [4.78, 5) is 26.4. The summed E-state index contributed by atoms with van der Waals surface area (Å²) in [6.45, 7) is 5.48. The molecule has 2 aliphatic rings. The van der Waals surface area contributed by atoms with E-state index in [4.69, 9.17) is 16.3 Å². The van der Waals surface area contributed by atoms with E-state index in [1.165, 1.54) is 4.46 Å². The second kappa shape index (κ2) is 6.12. The summed E-state index contributed by atoms with van der Waals surface area (Å²) < 4.78 is 6.72. The van der Waals surface area contributed by atoms with Gasteiger partial charge in [0.2, 0.25) is 0 Å². The molecule has 124 valence electrons. The van der Waals surface area contributed by atoms with Gasteiger partial charge in [0.05, 0.1) is 0 Å². The number of alkyl halides is 1. The Balaban J connectivity index is 1.81. The van der Waals surface area contributed by atoms with Gasteiger partial charge in [-0.2, -0.15) is 0 Å². The summed E-state index contributed by atoms with van der Waals surface area (Å²) in [6, 6.07) is 9.48. The fourth-order valence-corrected chi connectivity index (χ4v) is 6.55. The third-order valence-corrected chi connectivity index (χ3v) is 7.85. The Bertz CT molecular complexity index is 616. The zero-order chi connectivity index (χ0) is 16.8. The molecule has 1 amide bonds. The van der Waals surface area contributed by atoms with Crippen LogP contribution in [0.25, 0.3) is 0 Å². The van der Waals surface area contributed by atoms with E-state index in [1.807, 2.05) is 39.0 Å². The van der Waals surface area contributed by atoms with Gasteiger partial charge in [-0.25, -0.2) is 0 Å².